The second-order valence-corrected chi connectivity index (χ2v) is 15.7. The van der Waals surface area contributed by atoms with E-state index in [1.807, 2.05) is 0 Å². The van der Waals surface area contributed by atoms with Crippen molar-refractivity contribution in [2.24, 2.45) is 22.2 Å². The number of piperidine rings is 1. The predicted octanol–water partition coefficient (Wildman–Crippen LogP) is 8.33. The van der Waals surface area contributed by atoms with E-state index < -0.39 is 0 Å². The van der Waals surface area contributed by atoms with Gasteiger partial charge in [0.05, 0.1) is 23.5 Å². The first kappa shape index (κ1) is 27.2. The molecule has 2 fully saturated rings. The van der Waals surface area contributed by atoms with Crippen molar-refractivity contribution in [3.63, 3.8) is 0 Å². The fourth-order valence-electron chi connectivity index (χ4n) is 9.20. The molecular weight excluding hydrogens is 495 g/mol. The fraction of sp³-hybridized carbons (Fsp3) is 0.526. The molecule has 3 atom stereocenters. The molecule has 41 heavy (non-hydrogen) atoms. The van der Waals surface area contributed by atoms with E-state index in [-0.39, 0.29) is 28.3 Å². The molecule has 3 heterocycles. The lowest BCUT2D eigenvalue weighted by atomic mass is 9.54. The van der Waals surface area contributed by atoms with Gasteiger partial charge in [0.2, 0.25) is 0 Å². The van der Waals surface area contributed by atoms with Gasteiger partial charge < -0.3 is 9.80 Å². The Morgan fingerprint density at radius 1 is 0.927 bits per heavy atom. The summed E-state index contributed by atoms with van der Waals surface area (Å²) in [4.78, 5) is 5.60. The molecule has 0 saturated carbocycles. The van der Waals surface area contributed by atoms with Crippen molar-refractivity contribution in [2.75, 3.05) is 4.90 Å². The molecule has 1 aromatic carbocycles. The third-order valence-corrected chi connectivity index (χ3v) is 12.1. The number of benzene rings is 1. The van der Waals surface area contributed by atoms with Gasteiger partial charge in [-0.15, -0.1) is 0 Å². The molecule has 2 nitrogen and oxygen atoms in total. The molecule has 0 bridgehead atoms. The van der Waals surface area contributed by atoms with Crippen molar-refractivity contribution >= 4 is 19.0 Å². The second-order valence-electron chi connectivity index (χ2n) is 15.7. The summed E-state index contributed by atoms with van der Waals surface area (Å²) < 4.78 is 0. The van der Waals surface area contributed by atoms with Crippen molar-refractivity contribution in [1.29, 1.82) is 0 Å². The van der Waals surface area contributed by atoms with Crippen LogP contribution in [0.5, 0.6) is 0 Å². The summed E-state index contributed by atoms with van der Waals surface area (Å²) in [6, 6.07) is 0.515. The Balaban J connectivity index is 1.56. The first-order valence-electron chi connectivity index (χ1n) is 15.8. The Morgan fingerprint density at radius 2 is 1.59 bits per heavy atom. The molecule has 3 aliphatic heterocycles. The van der Waals surface area contributed by atoms with E-state index in [2.05, 4.69) is 116 Å². The average molecular weight is 543 g/mol. The fourth-order valence-corrected chi connectivity index (χ4v) is 9.20. The molecule has 0 spiro atoms. The van der Waals surface area contributed by atoms with Gasteiger partial charge in [-0.25, -0.2) is 0 Å². The summed E-state index contributed by atoms with van der Waals surface area (Å²) in [5, 5.41) is 0. The highest BCUT2D eigenvalue weighted by Gasteiger charge is 2.60. The van der Waals surface area contributed by atoms with Crippen LogP contribution in [0.3, 0.4) is 0 Å². The van der Waals surface area contributed by atoms with Crippen molar-refractivity contribution in [3.05, 3.63) is 92.0 Å². The Hall–Kier alpha value is -2.68. The molecule has 6 aliphatic rings. The molecule has 0 amide bonds. The Bertz CT molecular complexity index is 1580. The van der Waals surface area contributed by atoms with Crippen LogP contribution in [0.1, 0.15) is 90.0 Å². The molecule has 3 aliphatic carbocycles. The Labute approximate surface area is 250 Å². The molecule has 3 unspecified atom stereocenters. The number of hydrogen-bond acceptors (Lipinski definition) is 2. The minimum absolute atomic E-state index is 0.00675. The van der Waals surface area contributed by atoms with Crippen LogP contribution in [-0.2, 0) is 0 Å². The molecular formula is C38H47BN2. The highest BCUT2D eigenvalue weighted by Crippen LogP contribution is 2.65. The van der Waals surface area contributed by atoms with E-state index in [1.54, 1.807) is 28.0 Å². The van der Waals surface area contributed by atoms with Crippen molar-refractivity contribution in [3.8, 4) is 0 Å². The van der Waals surface area contributed by atoms with Gasteiger partial charge in [-0.3, -0.25) is 0 Å². The van der Waals surface area contributed by atoms with Gasteiger partial charge in [0, 0.05) is 22.7 Å². The number of allylic oxidation sites excluding steroid dienone is 8. The van der Waals surface area contributed by atoms with Crippen LogP contribution in [0.2, 0.25) is 0 Å². The van der Waals surface area contributed by atoms with Crippen LogP contribution < -0.4 is 10.4 Å². The van der Waals surface area contributed by atoms with E-state index >= 15 is 0 Å². The third-order valence-electron chi connectivity index (χ3n) is 12.1. The van der Waals surface area contributed by atoms with E-state index in [1.165, 1.54) is 39.3 Å². The highest BCUT2D eigenvalue weighted by molar-refractivity contribution is 6.34. The second kappa shape index (κ2) is 8.24. The van der Waals surface area contributed by atoms with Gasteiger partial charge >= 0.3 is 0 Å². The number of hydrogen-bond donors (Lipinski definition) is 0. The summed E-state index contributed by atoms with van der Waals surface area (Å²) in [5.41, 5.74) is 18.5. The molecule has 0 N–H and O–H groups in total. The van der Waals surface area contributed by atoms with Gasteiger partial charge in [-0.2, -0.15) is 0 Å². The summed E-state index contributed by atoms with van der Waals surface area (Å²) >= 11 is 0. The molecule has 7 rings (SSSR count). The smallest absolute Gasteiger partial charge is 0.114 e. The lowest BCUT2D eigenvalue weighted by Gasteiger charge is -2.66. The van der Waals surface area contributed by atoms with Crippen LogP contribution in [0.4, 0.5) is 5.69 Å². The van der Waals surface area contributed by atoms with E-state index in [9.17, 15) is 0 Å². The number of rotatable bonds is 1. The first-order chi connectivity index (χ1) is 19.1. The molecule has 212 valence electrons. The number of anilines is 1. The quantitative estimate of drug-likeness (QED) is 0.329. The largest absolute Gasteiger partial charge is 0.333 e. The zero-order chi connectivity index (χ0) is 29.5. The summed E-state index contributed by atoms with van der Waals surface area (Å²) in [5.74, 6) is 0.471. The van der Waals surface area contributed by atoms with Crippen molar-refractivity contribution in [1.82, 2.24) is 4.90 Å². The lowest BCUT2D eigenvalue weighted by Crippen LogP contribution is -2.66. The zero-order valence-electron chi connectivity index (χ0n) is 27.2. The van der Waals surface area contributed by atoms with Crippen molar-refractivity contribution < 1.29 is 0 Å². The van der Waals surface area contributed by atoms with Crippen LogP contribution >= 0.6 is 0 Å². The van der Waals surface area contributed by atoms with Crippen LogP contribution in [0.15, 0.2) is 69.8 Å². The topological polar surface area (TPSA) is 6.48 Å². The maximum atomic E-state index is 6.65. The third kappa shape index (κ3) is 3.27. The first-order valence-corrected chi connectivity index (χ1v) is 15.8. The van der Waals surface area contributed by atoms with Crippen LogP contribution in [0, 0.1) is 49.9 Å². The van der Waals surface area contributed by atoms with E-state index in [0.717, 1.165) is 24.7 Å². The van der Waals surface area contributed by atoms with Gasteiger partial charge in [0.25, 0.3) is 0 Å². The Kier molecular flexibility index (Phi) is 5.46. The SMILES string of the molecule is [B]c1c(C)c(C)c(N2C3=CCCC4=C3N3C5=C(C=C(C(C)(C)C)CC5C(C)(C)C5=CC=CC2C53)C4(C)C)c(C)c1C. The van der Waals surface area contributed by atoms with Gasteiger partial charge in [-0.05, 0) is 85.6 Å². The number of nitrogens with zero attached hydrogens (tertiary/aromatic N) is 2. The maximum Gasteiger partial charge on any atom is 0.114 e. The van der Waals surface area contributed by atoms with Gasteiger partial charge in [-0.1, -0.05) is 101 Å². The molecule has 1 aromatic rings. The molecule has 2 saturated heterocycles. The molecule has 0 aromatic heterocycles. The molecule has 3 heteroatoms. The Morgan fingerprint density at radius 3 is 2.22 bits per heavy atom. The standard InChI is InChI=1S/C38H47BN2/c1-20-22(3)32(23(4)21(2)31(20)39)40-29-16-12-14-25-34(29)41-33-27(37(25,8)9)18-24(36(5,6)7)19-28(33)38(10,11)26-15-13-17-30(40)35(26)41/h12,14,16-17,19,27,29,34H,13,15,18H2,1-11H3. The van der Waals surface area contributed by atoms with Gasteiger partial charge in [0.1, 0.15) is 7.85 Å². The lowest BCUT2D eigenvalue weighted by molar-refractivity contribution is 0.112. The summed E-state index contributed by atoms with van der Waals surface area (Å²) in [6.45, 7) is 26.3. The number of piperazine rings is 1. The van der Waals surface area contributed by atoms with Crippen LogP contribution in [-0.4, -0.2) is 24.8 Å². The van der Waals surface area contributed by atoms with Crippen LogP contribution in [0.25, 0.3) is 0 Å². The predicted molar refractivity (Wildman–Crippen MR) is 174 cm³/mol. The molecule has 2 radical (unpaired) electrons. The average Bonchev–Trinajstić information content (AvgIpc) is 2.92. The zero-order valence-corrected chi connectivity index (χ0v) is 27.2. The highest BCUT2D eigenvalue weighted by atomic mass is 15.4. The van der Waals surface area contributed by atoms with Crippen molar-refractivity contribution in [2.45, 2.75) is 108 Å². The summed E-state index contributed by atoms with van der Waals surface area (Å²) in [7, 11) is 6.65. The monoisotopic (exact) mass is 542 g/mol. The maximum absolute atomic E-state index is 6.65. The summed E-state index contributed by atoms with van der Waals surface area (Å²) in [6.07, 6.45) is 15.9. The normalized spacial score (nSPS) is 28.9. The minimum atomic E-state index is -0.00675. The van der Waals surface area contributed by atoms with E-state index in [0.29, 0.717) is 5.92 Å². The van der Waals surface area contributed by atoms with Gasteiger partial charge in [0.15, 0.2) is 0 Å². The minimum Gasteiger partial charge on any atom is -0.333 e. The van der Waals surface area contributed by atoms with E-state index in [4.69, 9.17) is 7.85 Å².